The molecule has 0 saturated heterocycles. The highest BCUT2D eigenvalue weighted by molar-refractivity contribution is 5.94. The molecule has 5 heteroatoms. The normalized spacial score (nSPS) is 11.9. The van der Waals surface area contributed by atoms with Crippen LogP contribution < -0.4 is 10.6 Å². The lowest BCUT2D eigenvalue weighted by Crippen LogP contribution is -2.41. The van der Waals surface area contributed by atoms with Crippen molar-refractivity contribution in [1.29, 1.82) is 0 Å². The maximum atomic E-state index is 11.9. The number of benzene rings is 1. The smallest absolute Gasteiger partial charge is 0.320 e. The van der Waals surface area contributed by atoms with Gasteiger partial charge in [0.05, 0.1) is 0 Å². The molecular weight excluding hydrogens is 268 g/mol. The summed E-state index contributed by atoms with van der Waals surface area (Å²) in [5.74, 6) is -0.981. The van der Waals surface area contributed by atoms with Crippen molar-refractivity contribution in [3.8, 4) is 0 Å². The Morgan fingerprint density at radius 2 is 1.86 bits per heavy atom. The molecule has 1 unspecified atom stereocenters. The number of aliphatic carboxylic acids is 1. The van der Waals surface area contributed by atoms with Crippen LogP contribution in [-0.2, 0) is 4.79 Å². The van der Waals surface area contributed by atoms with Gasteiger partial charge >= 0.3 is 5.97 Å². The van der Waals surface area contributed by atoms with E-state index in [9.17, 15) is 9.59 Å². The number of hydrogen-bond donors (Lipinski definition) is 3. The van der Waals surface area contributed by atoms with Gasteiger partial charge < -0.3 is 15.7 Å². The summed E-state index contributed by atoms with van der Waals surface area (Å²) in [5, 5.41) is 14.8. The van der Waals surface area contributed by atoms with Gasteiger partial charge in [0.15, 0.2) is 0 Å². The highest BCUT2D eigenvalue weighted by atomic mass is 16.4. The molecule has 0 fully saturated rings. The fraction of sp³-hybridized carbons (Fsp3) is 0.500. The number of nitrogens with one attached hydrogen (secondary N) is 2. The van der Waals surface area contributed by atoms with Crippen LogP contribution in [0.3, 0.4) is 0 Å². The van der Waals surface area contributed by atoms with E-state index in [1.54, 1.807) is 12.1 Å². The lowest BCUT2D eigenvalue weighted by molar-refractivity contribution is -0.139. The number of carboxylic acid groups (broad SMARTS) is 1. The van der Waals surface area contributed by atoms with Crippen LogP contribution in [0.5, 0.6) is 0 Å². The van der Waals surface area contributed by atoms with Crippen molar-refractivity contribution < 1.29 is 14.7 Å². The second kappa shape index (κ2) is 9.13. The second-order valence-electron chi connectivity index (χ2n) is 5.11. The third kappa shape index (κ3) is 6.40. The Morgan fingerprint density at radius 3 is 2.43 bits per heavy atom. The van der Waals surface area contributed by atoms with Crippen molar-refractivity contribution in [3.63, 3.8) is 0 Å². The van der Waals surface area contributed by atoms with Crippen LogP contribution in [0.4, 0.5) is 0 Å². The van der Waals surface area contributed by atoms with Gasteiger partial charge in [-0.25, -0.2) is 0 Å². The monoisotopic (exact) mass is 292 g/mol. The lowest BCUT2D eigenvalue weighted by Gasteiger charge is -2.14. The van der Waals surface area contributed by atoms with E-state index in [4.69, 9.17) is 5.11 Å². The van der Waals surface area contributed by atoms with Gasteiger partial charge in [0.1, 0.15) is 6.04 Å². The van der Waals surface area contributed by atoms with E-state index in [1.165, 1.54) is 0 Å². The summed E-state index contributed by atoms with van der Waals surface area (Å²) in [6.07, 6.45) is 2.45. The SMILES string of the molecule is CCCCC(NCCNC(=O)c1ccc(C)cc1)C(=O)O. The Bertz CT molecular complexity index is 457. The van der Waals surface area contributed by atoms with Crippen molar-refractivity contribution in [3.05, 3.63) is 35.4 Å². The summed E-state index contributed by atoms with van der Waals surface area (Å²) < 4.78 is 0. The summed E-state index contributed by atoms with van der Waals surface area (Å²) >= 11 is 0. The van der Waals surface area contributed by atoms with Gasteiger partial charge in [0, 0.05) is 18.7 Å². The number of rotatable bonds is 9. The summed E-state index contributed by atoms with van der Waals surface area (Å²) in [4.78, 5) is 22.9. The first kappa shape index (κ1) is 17.2. The fourth-order valence-electron chi connectivity index (χ4n) is 1.95. The van der Waals surface area contributed by atoms with E-state index >= 15 is 0 Å². The molecule has 0 aliphatic carbocycles. The first-order chi connectivity index (χ1) is 10.0. The Labute approximate surface area is 125 Å². The maximum Gasteiger partial charge on any atom is 0.320 e. The zero-order valence-corrected chi connectivity index (χ0v) is 12.7. The molecule has 0 aliphatic heterocycles. The molecule has 3 N–H and O–H groups in total. The first-order valence-corrected chi connectivity index (χ1v) is 7.35. The van der Waals surface area contributed by atoms with E-state index in [2.05, 4.69) is 10.6 Å². The fourth-order valence-corrected chi connectivity index (χ4v) is 1.95. The molecule has 21 heavy (non-hydrogen) atoms. The van der Waals surface area contributed by atoms with Crippen LogP contribution in [0, 0.1) is 6.92 Å². The van der Waals surface area contributed by atoms with Gasteiger partial charge in [-0.3, -0.25) is 9.59 Å². The van der Waals surface area contributed by atoms with Crippen molar-refractivity contribution in [1.82, 2.24) is 10.6 Å². The van der Waals surface area contributed by atoms with E-state index in [0.717, 1.165) is 18.4 Å². The number of amides is 1. The topological polar surface area (TPSA) is 78.4 Å². The Kier molecular flexibility index (Phi) is 7.46. The molecule has 116 valence electrons. The summed E-state index contributed by atoms with van der Waals surface area (Å²) in [5.41, 5.74) is 1.72. The number of hydrogen-bond acceptors (Lipinski definition) is 3. The molecule has 1 amide bonds. The van der Waals surface area contributed by atoms with Crippen LogP contribution in [0.25, 0.3) is 0 Å². The summed E-state index contributed by atoms with van der Waals surface area (Å²) in [6.45, 7) is 4.84. The average Bonchev–Trinajstić information content (AvgIpc) is 2.46. The van der Waals surface area contributed by atoms with Gasteiger partial charge in [0.25, 0.3) is 5.91 Å². The lowest BCUT2D eigenvalue weighted by atomic mass is 10.1. The third-order valence-electron chi connectivity index (χ3n) is 3.26. The minimum atomic E-state index is -0.840. The largest absolute Gasteiger partial charge is 0.480 e. The van der Waals surface area contributed by atoms with E-state index in [1.807, 2.05) is 26.0 Å². The van der Waals surface area contributed by atoms with Crippen LogP contribution in [0.2, 0.25) is 0 Å². The molecule has 0 heterocycles. The highest BCUT2D eigenvalue weighted by Gasteiger charge is 2.15. The quantitative estimate of drug-likeness (QED) is 0.608. The van der Waals surface area contributed by atoms with Gasteiger partial charge in [0.2, 0.25) is 0 Å². The number of unbranched alkanes of at least 4 members (excludes halogenated alkanes) is 1. The number of carbonyl (C=O) groups excluding carboxylic acids is 1. The summed E-state index contributed by atoms with van der Waals surface area (Å²) in [6, 6.07) is 6.79. The Hall–Kier alpha value is -1.88. The van der Waals surface area contributed by atoms with E-state index in [0.29, 0.717) is 25.1 Å². The zero-order chi connectivity index (χ0) is 15.7. The van der Waals surface area contributed by atoms with Crippen LogP contribution in [0.15, 0.2) is 24.3 Å². The third-order valence-corrected chi connectivity index (χ3v) is 3.26. The van der Waals surface area contributed by atoms with Gasteiger partial charge in [-0.2, -0.15) is 0 Å². The molecule has 0 spiro atoms. The van der Waals surface area contributed by atoms with Crippen LogP contribution in [-0.4, -0.2) is 36.1 Å². The molecule has 0 radical (unpaired) electrons. The highest BCUT2D eigenvalue weighted by Crippen LogP contribution is 2.03. The molecule has 0 saturated carbocycles. The van der Waals surface area contributed by atoms with Gasteiger partial charge in [-0.05, 0) is 25.5 Å². The Balaban J connectivity index is 2.30. The predicted octanol–water partition coefficient (Wildman–Crippen LogP) is 1.96. The second-order valence-corrected chi connectivity index (χ2v) is 5.11. The molecule has 0 bridgehead atoms. The minimum absolute atomic E-state index is 0.141. The number of carbonyl (C=O) groups is 2. The van der Waals surface area contributed by atoms with Gasteiger partial charge in [-0.1, -0.05) is 37.5 Å². The van der Waals surface area contributed by atoms with E-state index < -0.39 is 12.0 Å². The molecule has 1 rings (SSSR count). The minimum Gasteiger partial charge on any atom is -0.480 e. The molecule has 0 aromatic heterocycles. The van der Waals surface area contributed by atoms with Crippen molar-refractivity contribution in [2.75, 3.05) is 13.1 Å². The Morgan fingerprint density at radius 1 is 1.19 bits per heavy atom. The molecule has 1 aromatic rings. The predicted molar refractivity (Wildman–Crippen MR) is 82.5 cm³/mol. The van der Waals surface area contributed by atoms with Crippen molar-refractivity contribution >= 4 is 11.9 Å². The zero-order valence-electron chi connectivity index (χ0n) is 12.7. The average molecular weight is 292 g/mol. The molecule has 5 nitrogen and oxygen atoms in total. The van der Waals surface area contributed by atoms with Crippen LogP contribution in [0.1, 0.15) is 42.1 Å². The standard InChI is InChI=1S/C16H24N2O3/c1-3-4-5-14(16(20)21)17-10-11-18-15(19)13-8-6-12(2)7-9-13/h6-9,14,17H,3-5,10-11H2,1-2H3,(H,18,19)(H,20,21). The maximum absolute atomic E-state index is 11.9. The van der Waals surface area contributed by atoms with Gasteiger partial charge in [-0.15, -0.1) is 0 Å². The number of aryl methyl sites for hydroxylation is 1. The van der Waals surface area contributed by atoms with Crippen molar-refractivity contribution in [2.24, 2.45) is 0 Å². The molecule has 1 aromatic carbocycles. The molecule has 0 aliphatic rings. The van der Waals surface area contributed by atoms with Crippen molar-refractivity contribution in [2.45, 2.75) is 39.2 Å². The first-order valence-electron chi connectivity index (χ1n) is 7.35. The molecule has 1 atom stereocenters. The number of carboxylic acids is 1. The van der Waals surface area contributed by atoms with E-state index in [-0.39, 0.29) is 5.91 Å². The molecular formula is C16H24N2O3. The van der Waals surface area contributed by atoms with Crippen LogP contribution >= 0.6 is 0 Å². The summed E-state index contributed by atoms with van der Waals surface area (Å²) in [7, 11) is 0.